The lowest BCUT2D eigenvalue weighted by molar-refractivity contribution is -0.0712. The lowest BCUT2D eigenvalue weighted by atomic mass is 9.95. The zero-order valence-corrected chi connectivity index (χ0v) is 11.0. The van der Waals surface area contributed by atoms with E-state index in [-0.39, 0.29) is 17.4 Å². The monoisotopic (exact) mass is 252 g/mol. The molecule has 1 saturated heterocycles. The Labute approximate surface area is 108 Å². The summed E-state index contributed by atoms with van der Waals surface area (Å²) in [5, 5.41) is 0. The van der Waals surface area contributed by atoms with Gasteiger partial charge >= 0.3 is 0 Å². The Morgan fingerprint density at radius 2 is 2.06 bits per heavy atom. The van der Waals surface area contributed by atoms with E-state index >= 15 is 0 Å². The third kappa shape index (κ3) is 2.71. The molecule has 0 radical (unpaired) electrons. The van der Waals surface area contributed by atoms with Crippen LogP contribution in [0.3, 0.4) is 0 Å². The number of hydrogen-bond acceptors (Lipinski definition) is 3. The molecule has 0 bridgehead atoms. The van der Waals surface area contributed by atoms with E-state index in [0.29, 0.717) is 13.2 Å². The van der Waals surface area contributed by atoms with Gasteiger partial charge in [0.1, 0.15) is 5.82 Å². The van der Waals surface area contributed by atoms with E-state index in [1.165, 1.54) is 12.1 Å². The van der Waals surface area contributed by atoms with E-state index in [1.54, 1.807) is 0 Å². The highest BCUT2D eigenvalue weighted by atomic mass is 19.1. The average Bonchev–Trinajstić information content (AvgIpc) is 2.34. The van der Waals surface area contributed by atoms with E-state index in [1.807, 2.05) is 12.1 Å². The Hall–Kier alpha value is -0.970. The summed E-state index contributed by atoms with van der Waals surface area (Å²) in [6.07, 6.45) is 0. The molecule has 0 spiro atoms. The van der Waals surface area contributed by atoms with Gasteiger partial charge in [-0.15, -0.1) is 0 Å². The Balaban J connectivity index is 2.24. The van der Waals surface area contributed by atoms with Crippen molar-refractivity contribution in [2.45, 2.75) is 25.4 Å². The second-order valence-electron chi connectivity index (χ2n) is 5.36. The standard InChI is InChI=1S/C14H21FN2O/c1-14(2)10-18-8-7-17(14)13(9-16)11-3-5-12(15)6-4-11/h3-6,13H,7-10,16H2,1-2H3. The van der Waals surface area contributed by atoms with E-state index in [2.05, 4.69) is 18.7 Å². The maximum atomic E-state index is 13.0. The zero-order valence-electron chi connectivity index (χ0n) is 11.0. The van der Waals surface area contributed by atoms with Gasteiger partial charge in [-0.1, -0.05) is 12.1 Å². The Morgan fingerprint density at radius 1 is 1.39 bits per heavy atom. The van der Waals surface area contributed by atoms with Crippen molar-refractivity contribution in [1.29, 1.82) is 0 Å². The van der Waals surface area contributed by atoms with Gasteiger partial charge in [-0.05, 0) is 31.5 Å². The molecule has 1 fully saturated rings. The third-order valence-corrected chi connectivity index (χ3v) is 3.56. The molecule has 0 amide bonds. The summed E-state index contributed by atoms with van der Waals surface area (Å²) in [5.74, 6) is -0.212. The van der Waals surface area contributed by atoms with Gasteiger partial charge in [0.05, 0.1) is 13.2 Å². The van der Waals surface area contributed by atoms with Crippen molar-refractivity contribution in [2.24, 2.45) is 5.73 Å². The minimum Gasteiger partial charge on any atom is -0.378 e. The van der Waals surface area contributed by atoms with Gasteiger partial charge in [-0.3, -0.25) is 4.90 Å². The number of hydrogen-bond donors (Lipinski definition) is 1. The van der Waals surface area contributed by atoms with Gasteiger partial charge in [0.25, 0.3) is 0 Å². The van der Waals surface area contributed by atoms with Gasteiger partial charge < -0.3 is 10.5 Å². The van der Waals surface area contributed by atoms with Crippen molar-refractivity contribution in [3.8, 4) is 0 Å². The molecule has 3 nitrogen and oxygen atoms in total. The molecular formula is C14H21FN2O. The fourth-order valence-corrected chi connectivity index (χ4v) is 2.58. The minimum atomic E-state index is -0.212. The molecule has 18 heavy (non-hydrogen) atoms. The van der Waals surface area contributed by atoms with Crippen molar-refractivity contribution < 1.29 is 9.13 Å². The van der Waals surface area contributed by atoms with Crippen LogP contribution in [0.2, 0.25) is 0 Å². The van der Waals surface area contributed by atoms with Crippen LogP contribution in [-0.2, 0) is 4.74 Å². The third-order valence-electron chi connectivity index (χ3n) is 3.56. The van der Waals surface area contributed by atoms with Gasteiger partial charge in [-0.2, -0.15) is 0 Å². The molecule has 1 aromatic rings. The quantitative estimate of drug-likeness (QED) is 0.893. The summed E-state index contributed by atoms with van der Waals surface area (Å²) >= 11 is 0. The Morgan fingerprint density at radius 3 is 2.61 bits per heavy atom. The van der Waals surface area contributed by atoms with Crippen LogP contribution in [-0.4, -0.2) is 36.7 Å². The fraction of sp³-hybridized carbons (Fsp3) is 0.571. The summed E-state index contributed by atoms with van der Waals surface area (Å²) in [6, 6.07) is 6.73. The van der Waals surface area contributed by atoms with Crippen molar-refractivity contribution in [3.63, 3.8) is 0 Å². The largest absolute Gasteiger partial charge is 0.378 e. The summed E-state index contributed by atoms with van der Waals surface area (Å²) in [7, 11) is 0. The van der Waals surface area contributed by atoms with Gasteiger partial charge in [0.2, 0.25) is 0 Å². The molecule has 0 saturated carbocycles. The molecule has 1 aliphatic rings. The Kier molecular flexibility index (Phi) is 4.00. The zero-order chi connectivity index (χ0) is 13.2. The maximum Gasteiger partial charge on any atom is 0.123 e. The molecule has 2 N–H and O–H groups in total. The number of rotatable bonds is 3. The first-order chi connectivity index (χ1) is 8.54. The minimum absolute atomic E-state index is 0.0450. The lowest BCUT2D eigenvalue weighted by Gasteiger charge is -2.46. The summed E-state index contributed by atoms with van der Waals surface area (Å²) in [5.41, 5.74) is 6.94. The van der Waals surface area contributed by atoms with Crippen molar-refractivity contribution >= 4 is 0 Å². The van der Waals surface area contributed by atoms with Crippen LogP contribution in [0.1, 0.15) is 25.5 Å². The molecule has 1 atom stereocenters. The van der Waals surface area contributed by atoms with Crippen LogP contribution in [0.5, 0.6) is 0 Å². The first-order valence-corrected chi connectivity index (χ1v) is 6.34. The molecule has 2 rings (SSSR count). The number of morpholine rings is 1. The van der Waals surface area contributed by atoms with Gasteiger partial charge in [0.15, 0.2) is 0 Å². The molecule has 1 unspecified atom stereocenters. The number of halogens is 1. The summed E-state index contributed by atoms with van der Waals surface area (Å²) in [6.45, 7) is 7.10. The molecule has 4 heteroatoms. The number of ether oxygens (including phenoxy) is 1. The molecule has 1 aliphatic heterocycles. The van der Waals surface area contributed by atoms with Gasteiger partial charge in [0, 0.05) is 24.7 Å². The predicted molar refractivity (Wildman–Crippen MR) is 69.8 cm³/mol. The number of nitrogens with zero attached hydrogens (tertiary/aromatic N) is 1. The number of benzene rings is 1. The normalized spacial score (nSPS) is 21.8. The van der Waals surface area contributed by atoms with E-state index in [4.69, 9.17) is 10.5 Å². The van der Waals surface area contributed by atoms with Crippen LogP contribution in [0, 0.1) is 5.82 Å². The summed E-state index contributed by atoms with van der Waals surface area (Å²) < 4.78 is 18.5. The van der Waals surface area contributed by atoms with Crippen LogP contribution >= 0.6 is 0 Å². The molecule has 0 aromatic heterocycles. The van der Waals surface area contributed by atoms with Crippen molar-refractivity contribution in [1.82, 2.24) is 4.90 Å². The first-order valence-electron chi connectivity index (χ1n) is 6.34. The molecule has 100 valence electrons. The van der Waals surface area contributed by atoms with Crippen molar-refractivity contribution in [3.05, 3.63) is 35.6 Å². The van der Waals surface area contributed by atoms with Crippen LogP contribution in [0.15, 0.2) is 24.3 Å². The molecule has 0 aliphatic carbocycles. The topological polar surface area (TPSA) is 38.5 Å². The predicted octanol–water partition coefficient (Wildman–Crippen LogP) is 1.94. The first kappa shape index (κ1) is 13.5. The van der Waals surface area contributed by atoms with Gasteiger partial charge in [-0.25, -0.2) is 4.39 Å². The van der Waals surface area contributed by atoms with Crippen LogP contribution in [0.25, 0.3) is 0 Å². The fourth-order valence-electron chi connectivity index (χ4n) is 2.58. The highest BCUT2D eigenvalue weighted by Gasteiger charge is 2.35. The average molecular weight is 252 g/mol. The van der Waals surface area contributed by atoms with Crippen molar-refractivity contribution in [2.75, 3.05) is 26.3 Å². The van der Waals surface area contributed by atoms with E-state index in [9.17, 15) is 4.39 Å². The second kappa shape index (κ2) is 5.34. The second-order valence-corrected chi connectivity index (χ2v) is 5.36. The van der Waals surface area contributed by atoms with Crippen LogP contribution in [0.4, 0.5) is 4.39 Å². The highest BCUT2D eigenvalue weighted by Crippen LogP contribution is 2.30. The SMILES string of the molecule is CC1(C)COCCN1C(CN)c1ccc(F)cc1. The van der Waals surface area contributed by atoms with Crippen LogP contribution < -0.4 is 5.73 Å². The highest BCUT2D eigenvalue weighted by molar-refractivity contribution is 5.21. The lowest BCUT2D eigenvalue weighted by Crippen LogP contribution is -2.55. The van der Waals surface area contributed by atoms with E-state index < -0.39 is 0 Å². The molecule has 1 heterocycles. The van der Waals surface area contributed by atoms with E-state index in [0.717, 1.165) is 18.7 Å². The maximum absolute atomic E-state index is 13.0. The Bertz CT molecular complexity index is 391. The molecular weight excluding hydrogens is 231 g/mol. The smallest absolute Gasteiger partial charge is 0.123 e. The molecule has 1 aromatic carbocycles. The number of nitrogens with two attached hydrogens (primary N) is 1. The summed E-state index contributed by atoms with van der Waals surface area (Å²) in [4.78, 5) is 2.35.